The molecule has 4 nitrogen and oxygen atoms in total. The zero-order chi connectivity index (χ0) is 13.8. The van der Waals surface area contributed by atoms with Gasteiger partial charge in [-0.25, -0.2) is 0 Å². The van der Waals surface area contributed by atoms with E-state index in [1.54, 1.807) is 11.3 Å². The second kappa shape index (κ2) is 5.75. The standard InChI is InChI=1S/C14H15NO3S/c1-2-9-6-7-19-12(9)8-15-14(18)10-4-3-5-11(16)13(10)17/h3-7,16-17H,2,8H2,1H3,(H,15,18). The molecule has 0 radical (unpaired) electrons. The van der Waals surface area contributed by atoms with Crippen LogP contribution in [-0.4, -0.2) is 16.1 Å². The Hall–Kier alpha value is -2.01. The van der Waals surface area contributed by atoms with Gasteiger partial charge >= 0.3 is 0 Å². The molecule has 0 fully saturated rings. The number of benzene rings is 1. The van der Waals surface area contributed by atoms with Crippen LogP contribution in [0, 0.1) is 0 Å². The highest BCUT2D eigenvalue weighted by Crippen LogP contribution is 2.28. The molecule has 1 aromatic heterocycles. The van der Waals surface area contributed by atoms with Crippen LogP contribution in [0.5, 0.6) is 11.5 Å². The van der Waals surface area contributed by atoms with Crippen LogP contribution in [0.2, 0.25) is 0 Å². The summed E-state index contributed by atoms with van der Waals surface area (Å²) in [4.78, 5) is 13.0. The maximum absolute atomic E-state index is 11.9. The first kappa shape index (κ1) is 13.4. The number of para-hydroxylation sites is 1. The molecule has 2 aromatic rings. The molecule has 5 heteroatoms. The van der Waals surface area contributed by atoms with Crippen molar-refractivity contribution in [3.63, 3.8) is 0 Å². The lowest BCUT2D eigenvalue weighted by molar-refractivity contribution is 0.0948. The first-order chi connectivity index (χ1) is 9.13. The number of carbonyl (C=O) groups is 1. The summed E-state index contributed by atoms with van der Waals surface area (Å²) < 4.78 is 0. The summed E-state index contributed by atoms with van der Waals surface area (Å²) in [7, 11) is 0. The second-order valence-electron chi connectivity index (χ2n) is 4.08. The average Bonchev–Trinajstić information content (AvgIpc) is 2.86. The monoisotopic (exact) mass is 277 g/mol. The number of phenolic OH excluding ortho intramolecular Hbond substituents is 2. The van der Waals surface area contributed by atoms with Crippen molar-refractivity contribution < 1.29 is 15.0 Å². The normalized spacial score (nSPS) is 10.4. The van der Waals surface area contributed by atoms with Gasteiger partial charge in [-0.2, -0.15) is 0 Å². The molecule has 0 saturated carbocycles. The number of phenols is 2. The first-order valence-corrected chi connectivity index (χ1v) is 6.85. The van der Waals surface area contributed by atoms with E-state index in [1.165, 1.54) is 23.8 Å². The fraction of sp³-hybridized carbons (Fsp3) is 0.214. The third kappa shape index (κ3) is 2.88. The summed E-state index contributed by atoms with van der Waals surface area (Å²) in [6.07, 6.45) is 0.923. The van der Waals surface area contributed by atoms with Gasteiger partial charge in [-0.1, -0.05) is 13.0 Å². The molecule has 0 saturated heterocycles. The molecule has 0 aliphatic heterocycles. The number of nitrogens with one attached hydrogen (secondary N) is 1. The summed E-state index contributed by atoms with van der Waals surface area (Å²) in [5.41, 5.74) is 1.29. The van der Waals surface area contributed by atoms with Gasteiger partial charge in [-0.15, -0.1) is 11.3 Å². The third-order valence-electron chi connectivity index (χ3n) is 2.89. The largest absolute Gasteiger partial charge is 0.504 e. The zero-order valence-corrected chi connectivity index (χ0v) is 11.3. The van der Waals surface area contributed by atoms with Crippen LogP contribution in [0.25, 0.3) is 0 Å². The maximum Gasteiger partial charge on any atom is 0.255 e. The maximum atomic E-state index is 11.9. The Morgan fingerprint density at radius 2 is 2.11 bits per heavy atom. The van der Waals surface area contributed by atoms with Crippen molar-refractivity contribution in [3.8, 4) is 11.5 Å². The Morgan fingerprint density at radius 1 is 1.32 bits per heavy atom. The third-order valence-corrected chi connectivity index (χ3v) is 3.85. The van der Waals surface area contributed by atoms with E-state index in [0.29, 0.717) is 6.54 Å². The zero-order valence-electron chi connectivity index (χ0n) is 10.5. The molecule has 0 atom stereocenters. The van der Waals surface area contributed by atoms with E-state index < -0.39 is 5.91 Å². The summed E-state index contributed by atoms with van der Waals surface area (Å²) in [5, 5.41) is 23.7. The average molecular weight is 277 g/mol. The van der Waals surface area contributed by atoms with Crippen LogP contribution in [0.4, 0.5) is 0 Å². The van der Waals surface area contributed by atoms with Gasteiger partial charge in [0, 0.05) is 4.88 Å². The second-order valence-corrected chi connectivity index (χ2v) is 5.08. The number of rotatable bonds is 4. The molecule has 1 amide bonds. The molecule has 0 aliphatic carbocycles. The Kier molecular flexibility index (Phi) is 4.06. The van der Waals surface area contributed by atoms with E-state index in [0.717, 1.165) is 11.3 Å². The Labute approximate surface area is 115 Å². The number of thiophene rings is 1. The summed E-state index contributed by atoms with van der Waals surface area (Å²) in [6.45, 7) is 2.49. The van der Waals surface area contributed by atoms with E-state index in [2.05, 4.69) is 12.2 Å². The summed E-state index contributed by atoms with van der Waals surface area (Å²) in [5.74, 6) is -1.08. The predicted molar refractivity (Wildman–Crippen MR) is 74.6 cm³/mol. The van der Waals surface area contributed by atoms with Crippen molar-refractivity contribution in [2.45, 2.75) is 19.9 Å². The minimum atomic E-state index is -0.399. The van der Waals surface area contributed by atoms with Gasteiger partial charge in [0.25, 0.3) is 5.91 Å². The van der Waals surface area contributed by atoms with Gasteiger partial charge < -0.3 is 15.5 Å². The van der Waals surface area contributed by atoms with Gasteiger partial charge in [-0.05, 0) is 35.6 Å². The minimum Gasteiger partial charge on any atom is -0.504 e. The van der Waals surface area contributed by atoms with Crippen LogP contribution in [0.3, 0.4) is 0 Å². The lowest BCUT2D eigenvalue weighted by atomic mass is 10.1. The molecular formula is C14H15NO3S. The Morgan fingerprint density at radius 3 is 2.84 bits per heavy atom. The molecule has 0 bridgehead atoms. The van der Waals surface area contributed by atoms with E-state index in [9.17, 15) is 15.0 Å². The quantitative estimate of drug-likeness (QED) is 0.752. The van der Waals surface area contributed by atoms with Crippen LogP contribution in [0.15, 0.2) is 29.6 Å². The van der Waals surface area contributed by atoms with Crippen molar-refractivity contribution in [3.05, 3.63) is 45.6 Å². The lowest BCUT2D eigenvalue weighted by Crippen LogP contribution is -2.22. The Balaban J connectivity index is 2.08. The molecule has 1 heterocycles. The first-order valence-electron chi connectivity index (χ1n) is 5.97. The van der Waals surface area contributed by atoms with E-state index in [-0.39, 0.29) is 17.1 Å². The molecule has 19 heavy (non-hydrogen) atoms. The fourth-order valence-electron chi connectivity index (χ4n) is 1.81. The van der Waals surface area contributed by atoms with Gasteiger partial charge in [0.1, 0.15) is 0 Å². The van der Waals surface area contributed by atoms with Crippen LogP contribution in [0.1, 0.15) is 27.7 Å². The van der Waals surface area contributed by atoms with Crippen LogP contribution in [-0.2, 0) is 13.0 Å². The molecule has 0 aliphatic rings. The number of aryl methyl sites for hydroxylation is 1. The van der Waals surface area contributed by atoms with Gasteiger partial charge in [0.05, 0.1) is 12.1 Å². The number of carbonyl (C=O) groups excluding carboxylic acids is 1. The topological polar surface area (TPSA) is 69.6 Å². The molecule has 2 rings (SSSR count). The Bertz CT molecular complexity index is 592. The smallest absolute Gasteiger partial charge is 0.255 e. The molecule has 0 unspecified atom stereocenters. The molecule has 1 aromatic carbocycles. The summed E-state index contributed by atoms with van der Waals surface area (Å²) >= 11 is 1.59. The minimum absolute atomic E-state index is 0.0783. The SMILES string of the molecule is CCc1ccsc1CNC(=O)c1cccc(O)c1O. The van der Waals surface area contributed by atoms with E-state index in [4.69, 9.17) is 0 Å². The molecule has 3 N–H and O–H groups in total. The van der Waals surface area contributed by atoms with Gasteiger partial charge in [-0.3, -0.25) is 4.79 Å². The molecular weight excluding hydrogens is 262 g/mol. The van der Waals surface area contributed by atoms with Crippen molar-refractivity contribution >= 4 is 17.2 Å². The predicted octanol–water partition coefficient (Wildman–Crippen LogP) is 2.65. The van der Waals surface area contributed by atoms with E-state index >= 15 is 0 Å². The lowest BCUT2D eigenvalue weighted by Gasteiger charge is -2.07. The summed E-state index contributed by atoms with van der Waals surface area (Å²) in [6, 6.07) is 6.37. The number of amides is 1. The van der Waals surface area contributed by atoms with Crippen molar-refractivity contribution in [1.82, 2.24) is 5.32 Å². The number of aromatic hydroxyl groups is 2. The van der Waals surface area contributed by atoms with E-state index in [1.807, 2.05) is 11.4 Å². The highest BCUT2D eigenvalue weighted by molar-refractivity contribution is 7.10. The van der Waals surface area contributed by atoms with Crippen molar-refractivity contribution in [2.75, 3.05) is 0 Å². The highest BCUT2D eigenvalue weighted by atomic mass is 32.1. The van der Waals surface area contributed by atoms with Crippen LogP contribution >= 0.6 is 11.3 Å². The van der Waals surface area contributed by atoms with Gasteiger partial charge in [0.15, 0.2) is 11.5 Å². The fourth-order valence-corrected chi connectivity index (χ4v) is 2.72. The molecule has 0 spiro atoms. The highest BCUT2D eigenvalue weighted by Gasteiger charge is 2.14. The van der Waals surface area contributed by atoms with Gasteiger partial charge in [0.2, 0.25) is 0 Å². The number of hydrogen-bond acceptors (Lipinski definition) is 4. The van der Waals surface area contributed by atoms with Crippen molar-refractivity contribution in [2.24, 2.45) is 0 Å². The van der Waals surface area contributed by atoms with Crippen molar-refractivity contribution in [1.29, 1.82) is 0 Å². The number of hydrogen-bond donors (Lipinski definition) is 3. The van der Waals surface area contributed by atoms with Crippen LogP contribution < -0.4 is 5.32 Å². The molecule has 100 valence electrons.